The zero-order valence-corrected chi connectivity index (χ0v) is 17.6. The van der Waals surface area contributed by atoms with E-state index in [1.165, 1.54) is 0 Å². The molecule has 4 rings (SSSR count). The molecule has 30 heavy (non-hydrogen) atoms. The first-order chi connectivity index (χ1) is 14.5. The van der Waals surface area contributed by atoms with E-state index in [-0.39, 0.29) is 5.91 Å². The lowest BCUT2D eigenvalue weighted by atomic mass is 10.1. The Kier molecular flexibility index (Phi) is 5.65. The highest BCUT2D eigenvalue weighted by molar-refractivity contribution is 5.79. The average Bonchev–Trinajstić information content (AvgIpc) is 3.20. The lowest BCUT2D eigenvalue weighted by molar-refractivity contribution is -0.130. The van der Waals surface area contributed by atoms with Crippen LogP contribution in [0.3, 0.4) is 0 Å². The van der Waals surface area contributed by atoms with Crippen LogP contribution in [0.1, 0.15) is 16.8 Å². The number of aryl methyl sites for hydroxylation is 2. The van der Waals surface area contributed by atoms with Crippen molar-refractivity contribution in [2.75, 3.05) is 38.2 Å². The van der Waals surface area contributed by atoms with E-state index in [4.69, 9.17) is 4.74 Å². The topological polar surface area (TPSA) is 76.4 Å². The van der Waals surface area contributed by atoms with Gasteiger partial charge in [0.25, 0.3) is 0 Å². The number of aromatic nitrogens is 4. The van der Waals surface area contributed by atoms with Crippen LogP contribution in [0.15, 0.2) is 42.6 Å². The van der Waals surface area contributed by atoms with Gasteiger partial charge in [0.1, 0.15) is 5.75 Å². The SMILES string of the molecule is COc1ccc(CC(=O)N2CCN(c3ccc(-n4ccc(C)n4)nn3)CC2)cc1C. The monoisotopic (exact) mass is 406 g/mol. The molecular formula is C22H26N6O2. The second-order valence-electron chi connectivity index (χ2n) is 7.50. The molecule has 1 fully saturated rings. The quantitative estimate of drug-likeness (QED) is 0.646. The van der Waals surface area contributed by atoms with Gasteiger partial charge in [-0.3, -0.25) is 4.79 Å². The predicted octanol–water partition coefficient (Wildman–Crippen LogP) is 2.18. The summed E-state index contributed by atoms with van der Waals surface area (Å²) in [5.41, 5.74) is 2.99. The van der Waals surface area contributed by atoms with Crippen LogP contribution in [0, 0.1) is 13.8 Å². The van der Waals surface area contributed by atoms with E-state index in [1.54, 1.807) is 11.8 Å². The largest absolute Gasteiger partial charge is 0.496 e. The number of nitrogens with zero attached hydrogens (tertiary/aromatic N) is 6. The molecule has 1 aliphatic rings. The minimum absolute atomic E-state index is 0.148. The normalized spacial score (nSPS) is 14.1. The van der Waals surface area contributed by atoms with Crippen LogP contribution in [0.4, 0.5) is 5.82 Å². The highest BCUT2D eigenvalue weighted by atomic mass is 16.5. The van der Waals surface area contributed by atoms with Gasteiger partial charge < -0.3 is 14.5 Å². The van der Waals surface area contributed by atoms with Crippen molar-refractivity contribution >= 4 is 11.7 Å². The third kappa shape index (κ3) is 4.27. The number of anilines is 1. The summed E-state index contributed by atoms with van der Waals surface area (Å²) in [5, 5.41) is 13.0. The minimum atomic E-state index is 0.148. The summed E-state index contributed by atoms with van der Waals surface area (Å²) in [5.74, 6) is 2.50. The smallest absolute Gasteiger partial charge is 0.227 e. The van der Waals surface area contributed by atoms with Gasteiger partial charge in [-0.05, 0) is 49.2 Å². The highest BCUT2D eigenvalue weighted by Gasteiger charge is 2.22. The van der Waals surface area contributed by atoms with E-state index >= 15 is 0 Å². The Labute approximate surface area is 176 Å². The lowest BCUT2D eigenvalue weighted by Gasteiger charge is -2.35. The molecule has 1 aliphatic heterocycles. The number of rotatable bonds is 5. The maximum absolute atomic E-state index is 12.7. The number of methoxy groups -OCH3 is 1. The number of ether oxygens (including phenoxy) is 1. The fraction of sp³-hybridized carbons (Fsp3) is 0.364. The van der Waals surface area contributed by atoms with Crippen LogP contribution in [0.2, 0.25) is 0 Å². The molecule has 0 spiro atoms. The summed E-state index contributed by atoms with van der Waals surface area (Å²) in [6.07, 6.45) is 2.27. The van der Waals surface area contributed by atoms with Crippen LogP contribution < -0.4 is 9.64 Å². The van der Waals surface area contributed by atoms with Gasteiger partial charge in [-0.15, -0.1) is 10.2 Å². The first-order valence-electron chi connectivity index (χ1n) is 10.1. The van der Waals surface area contributed by atoms with E-state index in [9.17, 15) is 4.79 Å². The molecule has 0 radical (unpaired) electrons. The van der Waals surface area contributed by atoms with Gasteiger partial charge in [-0.25, -0.2) is 4.68 Å². The molecule has 3 aromatic rings. The van der Waals surface area contributed by atoms with E-state index < -0.39 is 0 Å². The van der Waals surface area contributed by atoms with Crippen molar-refractivity contribution in [3.05, 3.63) is 59.4 Å². The Hall–Kier alpha value is -3.42. The van der Waals surface area contributed by atoms with Gasteiger partial charge in [0, 0.05) is 32.4 Å². The van der Waals surface area contributed by atoms with E-state index in [0.29, 0.717) is 25.3 Å². The Morgan fingerprint density at radius 2 is 1.73 bits per heavy atom. The molecule has 0 saturated carbocycles. The summed E-state index contributed by atoms with van der Waals surface area (Å²) in [6.45, 7) is 6.76. The number of carbonyl (C=O) groups is 1. The Balaban J connectivity index is 1.33. The van der Waals surface area contributed by atoms with Crippen molar-refractivity contribution in [1.29, 1.82) is 0 Å². The van der Waals surface area contributed by atoms with Gasteiger partial charge in [-0.1, -0.05) is 12.1 Å². The fourth-order valence-corrected chi connectivity index (χ4v) is 3.67. The second-order valence-corrected chi connectivity index (χ2v) is 7.50. The molecule has 1 aromatic carbocycles. The van der Waals surface area contributed by atoms with Gasteiger partial charge in [0.2, 0.25) is 5.91 Å². The van der Waals surface area contributed by atoms with Crippen molar-refractivity contribution in [2.24, 2.45) is 0 Å². The Bertz CT molecular complexity index is 1020. The molecule has 3 heterocycles. The summed E-state index contributed by atoms with van der Waals surface area (Å²) in [4.78, 5) is 16.8. The number of hydrogen-bond donors (Lipinski definition) is 0. The summed E-state index contributed by atoms with van der Waals surface area (Å²) >= 11 is 0. The number of piperazine rings is 1. The van der Waals surface area contributed by atoms with Crippen LogP contribution in [0.25, 0.3) is 5.82 Å². The number of carbonyl (C=O) groups excluding carboxylic acids is 1. The van der Waals surface area contributed by atoms with Gasteiger partial charge in [-0.2, -0.15) is 5.10 Å². The summed E-state index contributed by atoms with van der Waals surface area (Å²) < 4.78 is 7.00. The van der Waals surface area contributed by atoms with Crippen molar-refractivity contribution < 1.29 is 9.53 Å². The van der Waals surface area contributed by atoms with Crippen LogP contribution in [-0.4, -0.2) is 64.1 Å². The summed E-state index contributed by atoms with van der Waals surface area (Å²) in [6, 6.07) is 11.7. The van der Waals surface area contributed by atoms with E-state index in [1.807, 2.05) is 61.3 Å². The zero-order valence-electron chi connectivity index (χ0n) is 17.6. The van der Waals surface area contributed by atoms with Gasteiger partial charge in [0.15, 0.2) is 11.6 Å². The van der Waals surface area contributed by atoms with Crippen molar-refractivity contribution in [2.45, 2.75) is 20.3 Å². The van der Waals surface area contributed by atoms with Gasteiger partial charge in [0.05, 0.1) is 19.2 Å². The standard InChI is InChI=1S/C22H26N6O2/c1-16-14-18(4-5-19(16)30-3)15-22(29)27-12-10-26(11-13-27)20-6-7-21(24-23-20)28-9-8-17(2)25-28/h4-9,14H,10-13,15H2,1-3H3. The van der Waals surface area contributed by atoms with E-state index in [0.717, 1.165) is 41.5 Å². The molecule has 8 heteroatoms. The lowest BCUT2D eigenvalue weighted by Crippen LogP contribution is -2.49. The maximum atomic E-state index is 12.7. The molecule has 156 valence electrons. The first kappa shape index (κ1) is 19.9. The van der Waals surface area contributed by atoms with Crippen molar-refractivity contribution in [3.63, 3.8) is 0 Å². The minimum Gasteiger partial charge on any atom is -0.496 e. The molecule has 0 N–H and O–H groups in total. The second kappa shape index (κ2) is 8.52. The fourth-order valence-electron chi connectivity index (χ4n) is 3.67. The molecule has 0 unspecified atom stereocenters. The van der Waals surface area contributed by atoms with Crippen LogP contribution >= 0.6 is 0 Å². The first-order valence-corrected chi connectivity index (χ1v) is 10.1. The molecule has 0 aliphatic carbocycles. The van der Waals surface area contributed by atoms with Crippen LogP contribution in [0.5, 0.6) is 5.75 Å². The number of hydrogen-bond acceptors (Lipinski definition) is 6. The molecule has 0 bridgehead atoms. The third-order valence-electron chi connectivity index (χ3n) is 5.36. The van der Waals surface area contributed by atoms with Gasteiger partial charge >= 0.3 is 0 Å². The number of benzene rings is 1. The summed E-state index contributed by atoms with van der Waals surface area (Å²) in [7, 11) is 1.66. The Morgan fingerprint density at radius 3 is 2.33 bits per heavy atom. The molecular weight excluding hydrogens is 380 g/mol. The molecule has 1 amide bonds. The highest BCUT2D eigenvalue weighted by Crippen LogP contribution is 2.20. The number of amides is 1. The molecule has 1 saturated heterocycles. The zero-order chi connectivity index (χ0) is 21.1. The van der Waals surface area contributed by atoms with Crippen molar-refractivity contribution in [3.8, 4) is 11.6 Å². The molecule has 0 atom stereocenters. The van der Waals surface area contributed by atoms with E-state index in [2.05, 4.69) is 20.2 Å². The van der Waals surface area contributed by atoms with Crippen LogP contribution in [-0.2, 0) is 11.2 Å². The van der Waals surface area contributed by atoms with Crippen molar-refractivity contribution in [1.82, 2.24) is 24.9 Å². The molecule has 2 aromatic heterocycles. The Morgan fingerprint density at radius 1 is 1.00 bits per heavy atom. The predicted molar refractivity (Wildman–Crippen MR) is 114 cm³/mol. The third-order valence-corrected chi connectivity index (χ3v) is 5.36. The molecule has 8 nitrogen and oxygen atoms in total. The maximum Gasteiger partial charge on any atom is 0.227 e. The average molecular weight is 406 g/mol.